The van der Waals surface area contributed by atoms with E-state index in [-0.39, 0.29) is 0 Å². The molecule has 178 valence electrons. The van der Waals surface area contributed by atoms with Crippen molar-refractivity contribution in [3.8, 4) is 0 Å². The predicted molar refractivity (Wildman–Crippen MR) is 141 cm³/mol. The van der Waals surface area contributed by atoms with Gasteiger partial charge in [-0.2, -0.15) is 0 Å². The molecule has 0 amide bonds. The normalized spacial score (nSPS) is 22.9. The van der Waals surface area contributed by atoms with Crippen LogP contribution in [0.4, 0.5) is 11.4 Å². The molecule has 0 saturated heterocycles. The molecule has 2 nitrogen and oxygen atoms in total. The van der Waals surface area contributed by atoms with Crippen LogP contribution in [-0.4, -0.2) is 0 Å². The van der Waals surface area contributed by atoms with Crippen molar-refractivity contribution in [1.82, 2.24) is 0 Å². The van der Waals surface area contributed by atoms with E-state index in [1.54, 1.807) is 0 Å². The molecule has 0 atom stereocenters. The number of nitrogen functional groups attached to an aromatic ring is 2. The second kappa shape index (κ2) is 10.1. The van der Waals surface area contributed by atoms with Crippen LogP contribution in [0.5, 0.6) is 0 Å². The number of nitrogens with two attached hydrogens (primary N) is 2. The van der Waals surface area contributed by atoms with Crippen molar-refractivity contribution in [3.63, 3.8) is 0 Å². The molecular weight excluding hydrogens is 400 g/mol. The van der Waals surface area contributed by atoms with Crippen LogP contribution in [-0.2, 0) is 6.42 Å². The Morgan fingerprint density at radius 2 is 1.27 bits per heavy atom. The highest BCUT2D eigenvalue weighted by atomic mass is 14.6. The Hall–Kier alpha value is -1.96. The van der Waals surface area contributed by atoms with Crippen molar-refractivity contribution in [3.05, 3.63) is 59.2 Å². The molecule has 3 aliphatic rings. The van der Waals surface area contributed by atoms with Gasteiger partial charge < -0.3 is 11.5 Å². The second-order valence-corrected chi connectivity index (χ2v) is 11.6. The van der Waals surface area contributed by atoms with Gasteiger partial charge in [0.1, 0.15) is 0 Å². The van der Waals surface area contributed by atoms with E-state index in [4.69, 9.17) is 11.5 Å². The molecule has 0 radical (unpaired) electrons. The SMILES string of the molecule is Nc1cccc(Cc2ccc(C3CCC(C4CCCCC4)(C4CCCCC4)CC3)c(N)c2)c1. The Morgan fingerprint density at radius 1 is 0.667 bits per heavy atom. The topological polar surface area (TPSA) is 52.0 Å². The summed E-state index contributed by atoms with van der Waals surface area (Å²) < 4.78 is 0. The Morgan fingerprint density at radius 3 is 1.85 bits per heavy atom. The lowest BCUT2D eigenvalue weighted by Gasteiger charge is -2.53. The first-order valence-corrected chi connectivity index (χ1v) is 13.9. The lowest BCUT2D eigenvalue weighted by Crippen LogP contribution is -2.43. The van der Waals surface area contributed by atoms with Gasteiger partial charge >= 0.3 is 0 Å². The number of hydrogen-bond acceptors (Lipinski definition) is 2. The Bertz CT molecular complexity index is 892. The molecule has 2 aromatic carbocycles. The number of hydrogen-bond donors (Lipinski definition) is 2. The summed E-state index contributed by atoms with van der Waals surface area (Å²) in [6.45, 7) is 0. The first-order valence-electron chi connectivity index (χ1n) is 13.9. The number of benzene rings is 2. The van der Waals surface area contributed by atoms with Crippen LogP contribution in [0.25, 0.3) is 0 Å². The van der Waals surface area contributed by atoms with Gasteiger partial charge in [0.2, 0.25) is 0 Å². The quantitative estimate of drug-likeness (QED) is 0.456. The van der Waals surface area contributed by atoms with Crippen molar-refractivity contribution in [2.75, 3.05) is 11.5 Å². The molecule has 0 unspecified atom stereocenters. The summed E-state index contributed by atoms with van der Waals surface area (Å²) in [4.78, 5) is 0. The van der Waals surface area contributed by atoms with Crippen LogP contribution in [0, 0.1) is 17.3 Å². The third-order valence-electron chi connectivity index (χ3n) is 9.70. The summed E-state index contributed by atoms with van der Waals surface area (Å²) in [5.74, 6) is 2.63. The third-order valence-corrected chi connectivity index (χ3v) is 9.70. The molecule has 0 aromatic heterocycles. The van der Waals surface area contributed by atoms with Crippen molar-refractivity contribution in [1.29, 1.82) is 0 Å². The average Bonchev–Trinajstić information content (AvgIpc) is 2.85. The number of anilines is 2. The fourth-order valence-electron chi connectivity index (χ4n) is 8.02. The third kappa shape index (κ3) is 4.96. The molecule has 33 heavy (non-hydrogen) atoms. The van der Waals surface area contributed by atoms with E-state index in [9.17, 15) is 0 Å². The van der Waals surface area contributed by atoms with Gasteiger partial charge in [-0.1, -0.05) is 62.8 Å². The first kappa shape index (κ1) is 22.8. The van der Waals surface area contributed by atoms with Crippen LogP contribution in [0.3, 0.4) is 0 Å². The van der Waals surface area contributed by atoms with Crippen LogP contribution in [0.1, 0.15) is 112 Å². The van der Waals surface area contributed by atoms with Gasteiger partial charge in [0, 0.05) is 11.4 Å². The zero-order chi connectivity index (χ0) is 22.7. The van der Waals surface area contributed by atoms with E-state index in [0.29, 0.717) is 11.3 Å². The van der Waals surface area contributed by atoms with E-state index in [1.807, 2.05) is 12.1 Å². The van der Waals surface area contributed by atoms with Gasteiger partial charge in [0.15, 0.2) is 0 Å². The number of rotatable bonds is 5. The molecule has 0 spiro atoms. The minimum Gasteiger partial charge on any atom is -0.399 e. The zero-order valence-electron chi connectivity index (χ0n) is 20.5. The smallest absolute Gasteiger partial charge is 0.0352 e. The maximum absolute atomic E-state index is 6.66. The van der Waals surface area contributed by atoms with E-state index in [2.05, 4.69) is 30.3 Å². The van der Waals surface area contributed by atoms with E-state index < -0.39 is 0 Å². The van der Waals surface area contributed by atoms with E-state index in [0.717, 1.165) is 29.6 Å². The monoisotopic (exact) mass is 444 g/mol. The molecule has 0 aliphatic heterocycles. The molecule has 0 bridgehead atoms. The molecule has 0 heterocycles. The van der Waals surface area contributed by atoms with E-state index in [1.165, 1.54) is 107 Å². The predicted octanol–water partition coefficient (Wildman–Crippen LogP) is 8.25. The summed E-state index contributed by atoms with van der Waals surface area (Å²) in [5, 5.41) is 0. The minimum absolute atomic E-state index is 0.638. The molecule has 2 aromatic rings. The fraction of sp³-hybridized carbons (Fsp3) is 0.613. The van der Waals surface area contributed by atoms with Crippen LogP contribution >= 0.6 is 0 Å². The van der Waals surface area contributed by atoms with Crippen molar-refractivity contribution < 1.29 is 0 Å². The Labute approximate surface area is 201 Å². The first-order chi connectivity index (χ1) is 16.1. The Kier molecular flexibility index (Phi) is 6.99. The molecule has 4 N–H and O–H groups in total. The highest BCUT2D eigenvalue weighted by Crippen LogP contribution is 2.58. The van der Waals surface area contributed by atoms with Crippen molar-refractivity contribution >= 4 is 11.4 Å². The van der Waals surface area contributed by atoms with Gasteiger partial charge in [-0.25, -0.2) is 0 Å². The molecule has 2 heteroatoms. The molecule has 3 aliphatic carbocycles. The molecule has 3 saturated carbocycles. The summed E-state index contributed by atoms with van der Waals surface area (Å²) in [7, 11) is 0. The van der Waals surface area contributed by atoms with Crippen molar-refractivity contribution in [2.24, 2.45) is 17.3 Å². The van der Waals surface area contributed by atoms with E-state index >= 15 is 0 Å². The lowest BCUT2D eigenvalue weighted by atomic mass is 9.52. The largest absolute Gasteiger partial charge is 0.399 e. The molecule has 5 rings (SSSR count). The summed E-state index contributed by atoms with van der Waals surface area (Å²) >= 11 is 0. The Balaban J connectivity index is 1.29. The maximum Gasteiger partial charge on any atom is 0.0352 e. The standard InChI is InChI=1S/C31H44N2/c32-28-13-7-8-23(21-28)20-24-14-15-29(30(33)22-24)25-16-18-31(19-17-25,26-9-3-1-4-10-26)27-11-5-2-6-12-27/h7-8,13-15,21-22,25-27H,1-6,9-12,16-20,32-33H2. The minimum atomic E-state index is 0.638. The highest BCUT2D eigenvalue weighted by Gasteiger charge is 2.47. The van der Waals surface area contributed by atoms with Crippen LogP contribution < -0.4 is 11.5 Å². The van der Waals surface area contributed by atoms with Crippen molar-refractivity contribution in [2.45, 2.75) is 102 Å². The summed E-state index contributed by atoms with van der Waals surface area (Å²) in [5.41, 5.74) is 19.1. The fourth-order valence-corrected chi connectivity index (χ4v) is 8.02. The summed E-state index contributed by atoms with van der Waals surface area (Å²) in [6, 6.07) is 15.1. The maximum atomic E-state index is 6.66. The van der Waals surface area contributed by atoms with Gasteiger partial charge in [0.25, 0.3) is 0 Å². The van der Waals surface area contributed by atoms with Crippen LogP contribution in [0.15, 0.2) is 42.5 Å². The second-order valence-electron chi connectivity index (χ2n) is 11.6. The van der Waals surface area contributed by atoms with Gasteiger partial charge in [-0.05, 0) is 116 Å². The highest BCUT2D eigenvalue weighted by molar-refractivity contribution is 5.52. The molecular formula is C31H44N2. The van der Waals surface area contributed by atoms with Gasteiger partial charge in [-0.15, -0.1) is 0 Å². The average molecular weight is 445 g/mol. The van der Waals surface area contributed by atoms with Crippen LogP contribution in [0.2, 0.25) is 0 Å². The summed E-state index contributed by atoms with van der Waals surface area (Å²) in [6.07, 6.45) is 21.3. The lowest BCUT2D eigenvalue weighted by molar-refractivity contribution is -0.0170. The zero-order valence-corrected chi connectivity index (χ0v) is 20.5. The van der Waals surface area contributed by atoms with Gasteiger partial charge in [-0.3, -0.25) is 0 Å². The van der Waals surface area contributed by atoms with Gasteiger partial charge in [0.05, 0.1) is 0 Å². The molecule has 3 fully saturated rings.